The zero-order chi connectivity index (χ0) is 11.6. The molecular weight excluding hydrogens is 222 g/mol. The molecule has 1 aliphatic carbocycles. The maximum atomic E-state index is 11.5. The highest BCUT2D eigenvalue weighted by atomic mass is 32.1. The fourth-order valence-corrected chi connectivity index (χ4v) is 2.81. The minimum absolute atomic E-state index is 0.231. The normalized spacial score (nSPS) is 19.3. The number of rotatable bonds is 6. The molecular formula is C12H17NO2S. The summed E-state index contributed by atoms with van der Waals surface area (Å²) in [6, 6.07) is 1.99. The van der Waals surface area contributed by atoms with E-state index in [9.17, 15) is 9.90 Å². The molecule has 0 saturated heterocycles. The Balaban J connectivity index is 2.14. The molecule has 88 valence electrons. The number of nitrogens with two attached hydrogens (primary N) is 1. The molecule has 3 nitrogen and oxygen atoms in total. The van der Waals surface area contributed by atoms with Crippen molar-refractivity contribution in [3.05, 3.63) is 22.4 Å². The molecule has 0 bridgehead atoms. The van der Waals surface area contributed by atoms with E-state index in [0.717, 1.165) is 12.0 Å². The Morgan fingerprint density at radius 3 is 2.81 bits per heavy atom. The summed E-state index contributed by atoms with van der Waals surface area (Å²) in [7, 11) is 0. The van der Waals surface area contributed by atoms with Crippen molar-refractivity contribution in [1.82, 2.24) is 0 Å². The second-order valence-electron chi connectivity index (χ2n) is 4.75. The van der Waals surface area contributed by atoms with Gasteiger partial charge >= 0.3 is 5.97 Å². The lowest BCUT2D eigenvalue weighted by molar-refractivity contribution is -0.149. The lowest BCUT2D eigenvalue weighted by atomic mass is 9.77. The van der Waals surface area contributed by atoms with E-state index in [0.29, 0.717) is 12.3 Å². The van der Waals surface area contributed by atoms with Gasteiger partial charge in [-0.1, -0.05) is 12.8 Å². The van der Waals surface area contributed by atoms with Gasteiger partial charge in [-0.3, -0.25) is 4.79 Å². The van der Waals surface area contributed by atoms with Gasteiger partial charge < -0.3 is 10.8 Å². The zero-order valence-corrected chi connectivity index (χ0v) is 10.0. The summed E-state index contributed by atoms with van der Waals surface area (Å²) >= 11 is 1.60. The third-order valence-electron chi connectivity index (χ3n) is 3.34. The van der Waals surface area contributed by atoms with Crippen LogP contribution in [0.5, 0.6) is 0 Å². The van der Waals surface area contributed by atoms with Crippen LogP contribution in [0.25, 0.3) is 0 Å². The van der Waals surface area contributed by atoms with E-state index in [4.69, 9.17) is 5.73 Å². The van der Waals surface area contributed by atoms with Crippen molar-refractivity contribution < 1.29 is 9.90 Å². The summed E-state index contributed by atoms with van der Waals surface area (Å²) in [4.78, 5) is 11.5. The monoisotopic (exact) mass is 239 g/mol. The Hall–Kier alpha value is -0.870. The third kappa shape index (κ3) is 2.44. The fourth-order valence-electron chi connectivity index (χ4n) is 2.14. The summed E-state index contributed by atoms with van der Waals surface area (Å²) in [6.45, 7) is 0.231. The second kappa shape index (κ2) is 4.55. The van der Waals surface area contributed by atoms with Crippen molar-refractivity contribution in [3.8, 4) is 0 Å². The molecule has 1 saturated carbocycles. The van der Waals surface area contributed by atoms with Gasteiger partial charge in [-0.05, 0) is 41.1 Å². The van der Waals surface area contributed by atoms with E-state index in [1.54, 1.807) is 11.3 Å². The maximum absolute atomic E-state index is 11.5. The standard InChI is InChI=1S/C12H17NO2S/c13-8-12(11(14)15,5-9-1-2-9)6-10-3-4-16-7-10/h3-4,7,9H,1-2,5-6,8,13H2,(H,14,15). The molecule has 0 amide bonds. The van der Waals surface area contributed by atoms with Crippen LogP contribution in [0, 0.1) is 11.3 Å². The second-order valence-corrected chi connectivity index (χ2v) is 5.53. The molecule has 1 aromatic heterocycles. The summed E-state index contributed by atoms with van der Waals surface area (Å²) < 4.78 is 0. The first kappa shape index (κ1) is 11.6. The molecule has 1 aliphatic rings. The average molecular weight is 239 g/mol. The molecule has 1 heterocycles. The van der Waals surface area contributed by atoms with Crippen molar-refractivity contribution in [2.45, 2.75) is 25.7 Å². The Kier molecular flexibility index (Phi) is 3.30. The number of carboxylic acid groups (broad SMARTS) is 1. The molecule has 0 radical (unpaired) electrons. The van der Waals surface area contributed by atoms with E-state index in [1.807, 2.05) is 16.8 Å². The Labute approximate surface area is 99.3 Å². The SMILES string of the molecule is NCC(Cc1ccsc1)(CC1CC1)C(=O)O. The highest BCUT2D eigenvalue weighted by Gasteiger charge is 2.42. The fraction of sp³-hybridized carbons (Fsp3) is 0.583. The van der Waals surface area contributed by atoms with Gasteiger partial charge in [-0.25, -0.2) is 0 Å². The third-order valence-corrected chi connectivity index (χ3v) is 4.08. The van der Waals surface area contributed by atoms with Crippen LogP contribution in [0.4, 0.5) is 0 Å². The number of carboxylic acids is 1. The summed E-state index contributed by atoms with van der Waals surface area (Å²) in [5.74, 6) is -0.161. The van der Waals surface area contributed by atoms with E-state index in [1.165, 1.54) is 12.8 Å². The lowest BCUT2D eigenvalue weighted by Gasteiger charge is -2.27. The molecule has 0 aliphatic heterocycles. The Morgan fingerprint density at radius 1 is 1.62 bits per heavy atom. The molecule has 16 heavy (non-hydrogen) atoms. The highest BCUT2D eigenvalue weighted by Crippen LogP contribution is 2.42. The van der Waals surface area contributed by atoms with Crippen LogP contribution in [-0.2, 0) is 11.2 Å². The van der Waals surface area contributed by atoms with Crippen LogP contribution in [0.1, 0.15) is 24.8 Å². The minimum atomic E-state index is -0.748. The van der Waals surface area contributed by atoms with E-state index in [-0.39, 0.29) is 6.54 Å². The first-order valence-electron chi connectivity index (χ1n) is 5.61. The van der Waals surface area contributed by atoms with Gasteiger partial charge in [0.25, 0.3) is 0 Å². The largest absolute Gasteiger partial charge is 0.481 e. The first-order chi connectivity index (χ1) is 7.66. The average Bonchev–Trinajstić information content (AvgIpc) is 2.91. The van der Waals surface area contributed by atoms with Gasteiger partial charge in [0.15, 0.2) is 0 Å². The lowest BCUT2D eigenvalue weighted by Crippen LogP contribution is -2.41. The number of thiophene rings is 1. The number of aliphatic carboxylic acids is 1. The van der Waals surface area contributed by atoms with Crippen LogP contribution < -0.4 is 5.73 Å². The van der Waals surface area contributed by atoms with Crippen molar-refractivity contribution in [3.63, 3.8) is 0 Å². The van der Waals surface area contributed by atoms with Crippen molar-refractivity contribution in [2.24, 2.45) is 17.1 Å². The molecule has 3 N–H and O–H groups in total. The Bertz CT molecular complexity index is 359. The topological polar surface area (TPSA) is 63.3 Å². The maximum Gasteiger partial charge on any atom is 0.311 e. The van der Waals surface area contributed by atoms with Gasteiger partial charge in [0, 0.05) is 6.54 Å². The molecule has 1 atom stereocenters. The first-order valence-corrected chi connectivity index (χ1v) is 6.55. The van der Waals surface area contributed by atoms with Gasteiger partial charge in [0.05, 0.1) is 5.41 Å². The minimum Gasteiger partial charge on any atom is -0.481 e. The Morgan fingerprint density at radius 2 is 2.38 bits per heavy atom. The van der Waals surface area contributed by atoms with Crippen LogP contribution in [0.2, 0.25) is 0 Å². The van der Waals surface area contributed by atoms with E-state index >= 15 is 0 Å². The number of carbonyl (C=O) groups is 1. The molecule has 0 aromatic carbocycles. The summed E-state index contributed by atoms with van der Waals surface area (Å²) in [5.41, 5.74) is 6.07. The quantitative estimate of drug-likeness (QED) is 0.799. The van der Waals surface area contributed by atoms with Gasteiger partial charge in [-0.2, -0.15) is 11.3 Å². The van der Waals surface area contributed by atoms with Crippen LogP contribution in [-0.4, -0.2) is 17.6 Å². The smallest absolute Gasteiger partial charge is 0.311 e. The van der Waals surface area contributed by atoms with E-state index < -0.39 is 11.4 Å². The van der Waals surface area contributed by atoms with E-state index in [2.05, 4.69) is 0 Å². The molecule has 1 unspecified atom stereocenters. The molecule has 1 aromatic rings. The summed E-state index contributed by atoms with van der Waals surface area (Å²) in [6.07, 6.45) is 3.63. The number of hydrogen-bond acceptors (Lipinski definition) is 3. The number of hydrogen-bond donors (Lipinski definition) is 2. The highest BCUT2D eigenvalue weighted by molar-refractivity contribution is 7.07. The van der Waals surface area contributed by atoms with Crippen LogP contribution in [0.3, 0.4) is 0 Å². The van der Waals surface area contributed by atoms with Crippen LogP contribution >= 0.6 is 11.3 Å². The molecule has 2 rings (SSSR count). The predicted molar refractivity (Wildman–Crippen MR) is 64.5 cm³/mol. The molecule has 4 heteroatoms. The zero-order valence-electron chi connectivity index (χ0n) is 9.19. The van der Waals surface area contributed by atoms with Crippen molar-refractivity contribution >= 4 is 17.3 Å². The van der Waals surface area contributed by atoms with Gasteiger partial charge in [0.1, 0.15) is 0 Å². The molecule has 0 spiro atoms. The summed E-state index contributed by atoms with van der Waals surface area (Å²) in [5, 5.41) is 13.4. The van der Waals surface area contributed by atoms with Crippen molar-refractivity contribution in [1.29, 1.82) is 0 Å². The molecule has 1 fully saturated rings. The van der Waals surface area contributed by atoms with Gasteiger partial charge in [-0.15, -0.1) is 0 Å². The van der Waals surface area contributed by atoms with Crippen LogP contribution in [0.15, 0.2) is 16.8 Å². The predicted octanol–water partition coefficient (Wildman–Crippen LogP) is 2.12. The van der Waals surface area contributed by atoms with Crippen molar-refractivity contribution in [2.75, 3.05) is 6.54 Å². The van der Waals surface area contributed by atoms with Gasteiger partial charge in [0.2, 0.25) is 0 Å².